The van der Waals surface area contributed by atoms with Gasteiger partial charge in [-0.05, 0) is 32.1 Å². The zero-order valence-corrected chi connectivity index (χ0v) is 14.1. The molecule has 0 atom stereocenters. The van der Waals surface area contributed by atoms with Crippen LogP contribution in [0.4, 0.5) is 0 Å². The molecule has 130 valence electrons. The summed E-state index contributed by atoms with van der Waals surface area (Å²) >= 11 is 0. The molecule has 0 aromatic carbocycles. The summed E-state index contributed by atoms with van der Waals surface area (Å²) in [5.41, 5.74) is 0. The third kappa shape index (κ3) is 18.9. The fraction of sp³-hybridized carbons (Fsp3) is 0.750. The smallest absolute Gasteiger partial charge is 0.309 e. The SMILES string of the molecule is C.C1=CCCCCCCCCCC1.CC/C=C\CC(=O)OC. The van der Waals surface area contributed by atoms with Crippen LogP contribution in [0.5, 0.6) is 0 Å². The van der Waals surface area contributed by atoms with Crippen molar-refractivity contribution in [1.29, 1.82) is 0 Å². The Morgan fingerprint density at radius 2 is 1.36 bits per heavy atom. The van der Waals surface area contributed by atoms with Crippen molar-refractivity contribution in [2.24, 2.45) is 0 Å². The minimum Gasteiger partial charge on any atom is -0.469 e. The van der Waals surface area contributed by atoms with Crippen LogP contribution in [0.1, 0.15) is 91.4 Å². The van der Waals surface area contributed by atoms with Crippen molar-refractivity contribution in [3.63, 3.8) is 0 Å². The molecule has 2 nitrogen and oxygen atoms in total. The highest BCUT2D eigenvalue weighted by Gasteiger charge is 1.93. The normalized spacial score (nSPS) is 16.5. The molecule has 0 bridgehead atoms. The van der Waals surface area contributed by atoms with Crippen LogP contribution >= 0.6 is 0 Å². The van der Waals surface area contributed by atoms with Crippen LogP contribution < -0.4 is 0 Å². The van der Waals surface area contributed by atoms with Crippen molar-refractivity contribution in [2.75, 3.05) is 7.11 Å². The zero-order valence-electron chi connectivity index (χ0n) is 14.1. The fourth-order valence-corrected chi connectivity index (χ4v) is 2.25. The fourth-order valence-electron chi connectivity index (χ4n) is 2.25. The van der Waals surface area contributed by atoms with Gasteiger partial charge in [0.25, 0.3) is 0 Å². The molecule has 0 saturated carbocycles. The number of methoxy groups -OCH3 is 1. The van der Waals surface area contributed by atoms with Gasteiger partial charge in [0.2, 0.25) is 0 Å². The predicted octanol–water partition coefficient (Wildman–Crippen LogP) is 6.61. The van der Waals surface area contributed by atoms with Gasteiger partial charge < -0.3 is 4.74 Å². The molecule has 1 aliphatic carbocycles. The van der Waals surface area contributed by atoms with Gasteiger partial charge >= 0.3 is 5.97 Å². The van der Waals surface area contributed by atoms with Gasteiger partial charge in [0.15, 0.2) is 0 Å². The Hall–Kier alpha value is -1.05. The molecule has 0 fully saturated rings. The molecule has 1 rings (SSSR count). The quantitative estimate of drug-likeness (QED) is 0.433. The number of carbonyl (C=O) groups is 1. The molecule has 0 N–H and O–H groups in total. The molecule has 22 heavy (non-hydrogen) atoms. The van der Waals surface area contributed by atoms with E-state index in [2.05, 4.69) is 16.9 Å². The lowest BCUT2D eigenvalue weighted by Gasteiger charge is -2.02. The first-order valence-corrected chi connectivity index (χ1v) is 8.68. The molecule has 0 aliphatic heterocycles. The van der Waals surface area contributed by atoms with Crippen LogP contribution in [0.15, 0.2) is 24.3 Å². The molecule has 0 amide bonds. The van der Waals surface area contributed by atoms with Crippen LogP contribution in [-0.2, 0) is 9.53 Å². The molecule has 0 unspecified atom stereocenters. The monoisotopic (exact) mass is 310 g/mol. The van der Waals surface area contributed by atoms with Gasteiger partial charge in [-0.25, -0.2) is 0 Å². The van der Waals surface area contributed by atoms with Gasteiger partial charge in [0, 0.05) is 0 Å². The van der Waals surface area contributed by atoms with Gasteiger partial charge in [-0.3, -0.25) is 4.79 Å². The summed E-state index contributed by atoms with van der Waals surface area (Å²) in [6.07, 6.45) is 24.1. The molecule has 1 aliphatic rings. The van der Waals surface area contributed by atoms with Crippen molar-refractivity contribution >= 4 is 5.97 Å². The van der Waals surface area contributed by atoms with Gasteiger partial charge in [-0.1, -0.05) is 77.2 Å². The van der Waals surface area contributed by atoms with Crippen molar-refractivity contribution in [3.05, 3.63) is 24.3 Å². The predicted molar refractivity (Wildman–Crippen MR) is 98.1 cm³/mol. The summed E-state index contributed by atoms with van der Waals surface area (Å²) in [6.45, 7) is 2.02. The second-order valence-corrected chi connectivity index (χ2v) is 5.54. The average Bonchev–Trinajstić information content (AvgIpc) is 2.48. The maximum absolute atomic E-state index is 10.4. The third-order valence-electron chi connectivity index (χ3n) is 3.57. The number of rotatable bonds is 3. The van der Waals surface area contributed by atoms with Crippen LogP contribution in [-0.4, -0.2) is 13.1 Å². The first-order chi connectivity index (χ1) is 10.3. The Morgan fingerprint density at radius 3 is 1.77 bits per heavy atom. The molecule has 0 spiro atoms. The van der Waals surface area contributed by atoms with Crippen molar-refractivity contribution in [3.8, 4) is 0 Å². The molecule has 0 aromatic rings. The second-order valence-electron chi connectivity index (χ2n) is 5.54. The van der Waals surface area contributed by atoms with Crippen LogP contribution in [0, 0.1) is 0 Å². The number of carbonyl (C=O) groups excluding carboxylic acids is 1. The number of ether oxygens (including phenoxy) is 1. The molecule has 0 radical (unpaired) electrons. The Balaban J connectivity index is 0. The number of esters is 1. The second kappa shape index (κ2) is 19.9. The first kappa shape index (κ1) is 23.2. The zero-order chi connectivity index (χ0) is 15.6. The summed E-state index contributed by atoms with van der Waals surface area (Å²) in [4.78, 5) is 10.4. The standard InChI is InChI=1S/C12H22.C7H12O2.CH4/c1-2-4-6-8-10-12-11-9-7-5-3-1;1-3-4-5-6-7(8)9-2;/h1-2H,3-12H2;4-5H,3,6H2,1-2H3;1H4/b;5-4-;. The summed E-state index contributed by atoms with van der Waals surface area (Å²) in [5.74, 6) is -0.181. The van der Waals surface area contributed by atoms with Crippen molar-refractivity contribution < 1.29 is 9.53 Å². The highest BCUT2D eigenvalue weighted by atomic mass is 16.5. The van der Waals surface area contributed by atoms with E-state index >= 15 is 0 Å². The van der Waals surface area contributed by atoms with Gasteiger partial charge in [-0.2, -0.15) is 0 Å². The molecular weight excluding hydrogens is 272 g/mol. The van der Waals surface area contributed by atoms with Crippen molar-refractivity contribution in [1.82, 2.24) is 0 Å². The van der Waals surface area contributed by atoms with E-state index in [4.69, 9.17) is 0 Å². The number of hydrogen-bond donors (Lipinski definition) is 0. The highest BCUT2D eigenvalue weighted by Crippen LogP contribution is 2.12. The topological polar surface area (TPSA) is 26.3 Å². The van der Waals surface area contributed by atoms with Gasteiger partial charge in [0.05, 0.1) is 13.5 Å². The summed E-state index contributed by atoms with van der Waals surface area (Å²) in [5, 5.41) is 0. The lowest BCUT2D eigenvalue weighted by molar-refractivity contribution is -0.139. The Bertz CT molecular complexity index is 265. The Morgan fingerprint density at radius 1 is 0.909 bits per heavy atom. The summed E-state index contributed by atoms with van der Waals surface area (Å²) < 4.78 is 4.41. The summed E-state index contributed by atoms with van der Waals surface area (Å²) in [7, 11) is 1.39. The van der Waals surface area contributed by atoms with E-state index in [9.17, 15) is 4.79 Å². The van der Waals surface area contributed by atoms with E-state index in [-0.39, 0.29) is 13.4 Å². The van der Waals surface area contributed by atoms with Crippen LogP contribution in [0.2, 0.25) is 0 Å². The number of allylic oxidation sites excluding steroid dienone is 3. The largest absolute Gasteiger partial charge is 0.469 e. The minimum atomic E-state index is -0.181. The number of hydrogen-bond acceptors (Lipinski definition) is 2. The van der Waals surface area contributed by atoms with Crippen molar-refractivity contribution in [2.45, 2.75) is 91.4 Å². The summed E-state index contributed by atoms with van der Waals surface area (Å²) in [6, 6.07) is 0. The van der Waals surface area contributed by atoms with E-state index in [1.807, 2.05) is 19.1 Å². The van der Waals surface area contributed by atoms with E-state index in [0.717, 1.165) is 6.42 Å². The molecule has 2 heteroatoms. The lowest BCUT2D eigenvalue weighted by atomic mass is 10.0. The van der Waals surface area contributed by atoms with Crippen LogP contribution in [0.3, 0.4) is 0 Å². The van der Waals surface area contributed by atoms with Crippen LogP contribution in [0.25, 0.3) is 0 Å². The maximum atomic E-state index is 10.4. The Kier molecular flexibility index (Phi) is 21.1. The van der Waals surface area contributed by atoms with E-state index in [1.165, 1.54) is 71.3 Å². The molecule has 0 heterocycles. The highest BCUT2D eigenvalue weighted by molar-refractivity contribution is 5.70. The average molecular weight is 311 g/mol. The Labute approximate surface area is 139 Å². The molecular formula is C20H38O2. The third-order valence-corrected chi connectivity index (χ3v) is 3.57. The minimum absolute atomic E-state index is 0. The maximum Gasteiger partial charge on any atom is 0.309 e. The molecule has 0 aromatic heterocycles. The first-order valence-electron chi connectivity index (χ1n) is 8.68. The van der Waals surface area contributed by atoms with E-state index in [1.54, 1.807) is 0 Å². The van der Waals surface area contributed by atoms with E-state index in [0.29, 0.717) is 6.42 Å². The van der Waals surface area contributed by atoms with Gasteiger partial charge in [0.1, 0.15) is 0 Å². The van der Waals surface area contributed by atoms with Gasteiger partial charge in [-0.15, -0.1) is 0 Å². The lowest BCUT2D eigenvalue weighted by Crippen LogP contribution is -1.96. The molecule has 0 saturated heterocycles. The van der Waals surface area contributed by atoms with E-state index < -0.39 is 0 Å².